The predicted molar refractivity (Wildman–Crippen MR) is 128 cm³/mol. The quantitative estimate of drug-likeness (QED) is 0.216. The van der Waals surface area contributed by atoms with Crippen molar-refractivity contribution >= 4 is 6.08 Å². The summed E-state index contributed by atoms with van der Waals surface area (Å²) in [6.07, 6.45) is 23.9. The molecule has 0 heterocycles. The lowest BCUT2D eigenvalue weighted by Crippen LogP contribution is -2.05. The molecule has 1 aromatic carbocycles. The third-order valence-corrected chi connectivity index (χ3v) is 5.55. The number of benzene rings is 1. The largest absolute Gasteiger partial charge is 0.497 e. The van der Waals surface area contributed by atoms with Crippen LogP contribution in [0.5, 0.6) is 5.75 Å². The summed E-state index contributed by atoms with van der Waals surface area (Å²) in [7, 11) is 1.69. The van der Waals surface area contributed by atoms with Crippen molar-refractivity contribution < 1.29 is 9.47 Å². The summed E-state index contributed by atoms with van der Waals surface area (Å²) in [4.78, 5) is 0. The normalized spacial score (nSPS) is 12.5. The van der Waals surface area contributed by atoms with Gasteiger partial charge in [0, 0.05) is 6.61 Å². The van der Waals surface area contributed by atoms with Crippen molar-refractivity contribution in [3.05, 3.63) is 35.9 Å². The van der Waals surface area contributed by atoms with Crippen molar-refractivity contribution in [1.29, 1.82) is 0 Å². The van der Waals surface area contributed by atoms with Crippen LogP contribution < -0.4 is 4.74 Å². The van der Waals surface area contributed by atoms with E-state index in [1.807, 2.05) is 12.1 Å². The van der Waals surface area contributed by atoms with E-state index in [0.29, 0.717) is 0 Å². The standard InChI is InChI=1S/C27H46O2/c1-4-5-6-7-8-9-10-11-12-13-14-15-16-17-24-29-25(2)18-19-26-20-22-27(28-3)23-21-26/h18-23,25H,4-17,24H2,1-3H3/b19-18+. The molecule has 29 heavy (non-hydrogen) atoms. The molecule has 1 aromatic rings. The first-order valence-corrected chi connectivity index (χ1v) is 12.2. The topological polar surface area (TPSA) is 18.5 Å². The lowest BCUT2D eigenvalue weighted by atomic mass is 10.0. The van der Waals surface area contributed by atoms with Gasteiger partial charge in [0.15, 0.2) is 0 Å². The van der Waals surface area contributed by atoms with Gasteiger partial charge in [-0.15, -0.1) is 0 Å². The molecule has 0 saturated carbocycles. The van der Waals surface area contributed by atoms with Crippen LogP contribution in [0.2, 0.25) is 0 Å². The van der Waals surface area contributed by atoms with Crippen molar-refractivity contribution in [2.75, 3.05) is 13.7 Å². The van der Waals surface area contributed by atoms with E-state index in [4.69, 9.17) is 9.47 Å². The van der Waals surface area contributed by atoms with Crippen LogP contribution in [0.3, 0.4) is 0 Å². The molecule has 0 saturated heterocycles. The van der Waals surface area contributed by atoms with Crippen LogP contribution >= 0.6 is 0 Å². The minimum absolute atomic E-state index is 0.166. The fourth-order valence-electron chi connectivity index (χ4n) is 3.58. The second-order valence-electron chi connectivity index (χ2n) is 8.30. The maximum atomic E-state index is 5.90. The lowest BCUT2D eigenvalue weighted by Gasteiger charge is -2.09. The van der Waals surface area contributed by atoms with Gasteiger partial charge in [0.1, 0.15) is 5.75 Å². The molecule has 0 aromatic heterocycles. The van der Waals surface area contributed by atoms with Gasteiger partial charge in [0.05, 0.1) is 13.2 Å². The van der Waals surface area contributed by atoms with Crippen LogP contribution in [-0.4, -0.2) is 19.8 Å². The van der Waals surface area contributed by atoms with Crippen molar-refractivity contribution in [1.82, 2.24) is 0 Å². The number of hydrogen-bond donors (Lipinski definition) is 0. The summed E-state index contributed by atoms with van der Waals surface area (Å²) in [6, 6.07) is 8.10. The molecule has 0 aliphatic heterocycles. The highest BCUT2D eigenvalue weighted by Crippen LogP contribution is 2.14. The van der Waals surface area contributed by atoms with Gasteiger partial charge in [-0.05, 0) is 31.0 Å². The first kappa shape index (κ1) is 25.8. The molecule has 0 fully saturated rings. The molecule has 0 aliphatic carbocycles. The summed E-state index contributed by atoms with van der Waals surface area (Å²) < 4.78 is 11.1. The molecule has 1 atom stereocenters. The Hall–Kier alpha value is -1.28. The lowest BCUT2D eigenvalue weighted by molar-refractivity contribution is 0.0943. The fourth-order valence-corrected chi connectivity index (χ4v) is 3.58. The Morgan fingerprint density at radius 3 is 1.69 bits per heavy atom. The Morgan fingerprint density at radius 1 is 0.724 bits per heavy atom. The molecular weight excluding hydrogens is 356 g/mol. The van der Waals surface area contributed by atoms with Gasteiger partial charge >= 0.3 is 0 Å². The molecule has 0 spiro atoms. The van der Waals surface area contributed by atoms with Gasteiger partial charge in [-0.1, -0.05) is 115 Å². The van der Waals surface area contributed by atoms with E-state index in [1.165, 1.54) is 95.5 Å². The van der Waals surface area contributed by atoms with Crippen LogP contribution in [-0.2, 0) is 4.74 Å². The Morgan fingerprint density at radius 2 is 1.21 bits per heavy atom. The van der Waals surface area contributed by atoms with E-state index < -0.39 is 0 Å². The van der Waals surface area contributed by atoms with Crippen LogP contribution in [0.15, 0.2) is 30.3 Å². The van der Waals surface area contributed by atoms with Gasteiger partial charge in [0.25, 0.3) is 0 Å². The maximum absolute atomic E-state index is 5.90. The van der Waals surface area contributed by atoms with E-state index in [1.54, 1.807) is 7.11 Å². The molecule has 0 amide bonds. The number of ether oxygens (including phenoxy) is 2. The number of rotatable bonds is 19. The Kier molecular flexibility index (Phi) is 16.6. The molecule has 2 heteroatoms. The average molecular weight is 403 g/mol. The first-order valence-electron chi connectivity index (χ1n) is 12.2. The zero-order valence-electron chi connectivity index (χ0n) is 19.5. The minimum Gasteiger partial charge on any atom is -0.497 e. The van der Waals surface area contributed by atoms with E-state index in [-0.39, 0.29) is 6.10 Å². The minimum atomic E-state index is 0.166. The van der Waals surface area contributed by atoms with E-state index in [0.717, 1.165) is 12.4 Å². The van der Waals surface area contributed by atoms with Crippen molar-refractivity contribution in [2.45, 2.75) is 110 Å². The van der Waals surface area contributed by atoms with Crippen LogP contribution in [0, 0.1) is 0 Å². The van der Waals surface area contributed by atoms with Crippen LogP contribution in [0.25, 0.3) is 6.08 Å². The summed E-state index contributed by atoms with van der Waals surface area (Å²) >= 11 is 0. The molecule has 166 valence electrons. The first-order chi connectivity index (χ1) is 14.3. The molecule has 0 aliphatic rings. The highest BCUT2D eigenvalue weighted by atomic mass is 16.5. The SMILES string of the molecule is CCCCCCCCCCCCCCCCOC(C)/C=C/c1ccc(OC)cc1. The number of methoxy groups -OCH3 is 1. The third kappa shape index (κ3) is 15.3. The Labute approximate surface area is 181 Å². The molecule has 1 rings (SSSR count). The van der Waals surface area contributed by atoms with Gasteiger partial charge in [-0.3, -0.25) is 0 Å². The molecule has 0 N–H and O–H groups in total. The smallest absolute Gasteiger partial charge is 0.118 e. The second kappa shape index (κ2) is 18.7. The van der Waals surface area contributed by atoms with Crippen LogP contribution in [0.4, 0.5) is 0 Å². The summed E-state index contributed by atoms with van der Waals surface area (Å²) in [5.41, 5.74) is 1.18. The van der Waals surface area contributed by atoms with E-state index in [9.17, 15) is 0 Å². The number of hydrogen-bond acceptors (Lipinski definition) is 2. The second-order valence-corrected chi connectivity index (χ2v) is 8.30. The molecular formula is C27H46O2. The maximum Gasteiger partial charge on any atom is 0.118 e. The van der Waals surface area contributed by atoms with Crippen molar-refractivity contribution in [3.63, 3.8) is 0 Å². The summed E-state index contributed by atoms with van der Waals surface area (Å²) in [5, 5.41) is 0. The Bertz CT molecular complexity index is 492. The van der Waals surface area contributed by atoms with Gasteiger partial charge in [0.2, 0.25) is 0 Å². The van der Waals surface area contributed by atoms with Crippen LogP contribution in [0.1, 0.15) is 109 Å². The summed E-state index contributed by atoms with van der Waals surface area (Å²) in [5.74, 6) is 0.893. The summed E-state index contributed by atoms with van der Waals surface area (Å²) in [6.45, 7) is 5.27. The van der Waals surface area contributed by atoms with Crippen molar-refractivity contribution in [3.8, 4) is 5.75 Å². The highest BCUT2D eigenvalue weighted by molar-refractivity contribution is 5.50. The fraction of sp³-hybridized carbons (Fsp3) is 0.704. The average Bonchev–Trinajstić information content (AvgIpc) is 2.75. The Balaban J connectivity index is 1.87. The zero-order valence-corrected chi connectivity index (χ0v) is 19.5. The highest BCUT2D eigenvalue weighted by Gasteiger charge is 1.98. The van der Waals surface area contributed by atoms with Gasteiger partial charge in [-0.25, -0.2) is 0 Å². The van der Waals surface area contributed by atoms with E-state index >= 15 is 0 Å². The van der Waals surface area contributed by atoms with Crippen molar-refractivity contribution in [2.24, 2.45) is 0 Å². The third-order valence-electron chi connectivity index (χ3n) is 5.55. The number of unbranched alkanes of at least 4 members (excludes halogenated alkanes) is 13. The zero-order chi connectivity index (χ0) is 21.0. The molecule has 2 nitrogen and oxygen atoms in total. The van der Waals surface area contributed by atoms with Gasteiger partial charge in [-0.2, -0.15) is 0 Å². The monoisotopic (exact) mass is 402 g/mol. The molecule has 1 unspecified atom stereocenters. The van der Waals surface area contributed by atoms with Gasteiger partial charge < -0.3 is 9.47 Å². The molecule has 0 bridgehead atoms. The predicted octanol–water partition coefficient (Wildman–Crippen LogP) is 8.59. The van der Waals surface area contributed by atoms with E-state index in [2.05, 4.69) is 38.1 Å². The molecule has 0 radical (unpaired) electrons.